The van der Waals surface area contributed by atoms with Crippen LogP contribution in [0.2, 0.25) is 0 Å². The van der Waals surface area contributed by atoms with E-state index in [1.807, 2.05) is 0 Å². The van der Waals surface area contributed by atoms with Crippen molar-refractivity contribution in [1.82, 2.24) is 10.2 Å². The van der Waals surface area contributed by atoms with Gasteiger partial charge in [0.05, 0.1) is 6.07 Å². The van der Waals surface area contributed by atoms with Crippen LogP contribution in [0.15, 0.2) is 0 Å². The molecule has 3 atom stereocenters. The standard InChI is InChI=1S/C17H33N3/c1-7-19-17(13-18)11-8-9-15(17)10-12-20(6)14(2)16(3,4)5/h14-15,19H,7-12H2,1-6H3. The number of nitrogens with one attached hydrogen (secondary N) is 1. The molecule has 1 rings (SSSR count). The predicted molar refractivity (Wildman–Crippen MR) is 85.5 cm³/mol. The Morgan fingerprint density at radius 3 is 2.60 bits per heavy atom. The average molecular weight is 279 g/mol. The average Bonchev–Trinajstić information content (AvgIpc) is 2.78. The van der Waals surface area contributed by atoms with E-state index in [1.54, 1.807) is 0 Å². The quantitative estimate of drug-likeness (QED) is 0.810. The molecule has 116 valence electrons. The number of nitrogens with zero attached hydrogens (tertiary/aromatic N) is 2. The summed E-state index contributed by atoms with van der Waals surface area (Å²) >= 11 is 0. The van der Waals surface area contributed by atoms with E-state index in [-0.39, 0.29) is 5.54 Å². The second-order valence-electron chi connectivity index (χ2n) is 7.51. The zero-order chi connectivity index (χ0) is 15.4. The van der Waals surface area contributed by atoms with Crippen LogP contribution in [-0.2, 0) is 0 Å². The van der Waals surface area contributed by atoms with Gasteiger partial charge in [-0.2, -0.15) is 5.26 Å². The van der Waals surface area contributed by atoms with Gasteiger partial charge in [0, 0.05) is 6.04 Å². The highest BCUT2D eigenvalue weighted by molar-refractivity contribution is 5.14. The summed E-state index contributed by atoms with van der Waals surface area (Å²) in [5.74, 6) is 0.502. The van der Waals surface area contributed by atoms with Gasteiger partial charge in [0.25, 0.3) is 0 Å². The first kappa shape index (κ1) is 17.5. The fourth-order valence-electron chi connectivity index (χ4n) is 3.42. The minimum atomic E-state index is -0.263. The van der Waals surface area contributed by atoms with Crippen molar-refractivity contribution >= 4 is 0 Å². The third kappa shape index (κ3) is 3.96. The smallest absolute Gasteiger partial charge is 0.109 e. The molecule has 3 unspecified atom stereocenters. The molecule has 0 aliphatic heterocycles. The van der Waals surface area contributed by atoms with Gasteiger partial charge >= 0.3 is 0 Å². The lowest BCUT2D eigenvalue weighted by Crippen LogP contribution is -2.48. The third-order valence-electron chi connectivity index (χ3n) is 5.26. The summed E-state index contributed by atoms with van der Waals surface area (Å²) < 4.78 is 0. The summed E-state index contributed by atoms with van der Waals surface area (Å²) in [5.41, 5.74) is 0.0406. The van der Waals surface area contributed by atoms with Gasteiger partial charge in [-0.05, 0) is 57.7 Å². The molecule has 0 radical (unpaired) electrons. The number of hydrogen-bond donors (Lipinski definition) is 1. The minimum Gasteiger partial charge on any atom is -0.303 e. The van der Waals surface area contributed by atoms with Crippen LogP contribution >= 0.6 is 0 Å². The van der Waals surface area contributed by atoms with Crippen LogP contribution in [0.1, 0.15) is 60.3 Å². The molecule has 0 saturated heterocycles. The lowest BCUT2D eigenvalue weighted by molar-refractivity contribution is 0.128. The maximum atomic E-state index is 9.60. The van der Waals surface area contributed by atoms with E-state index in [4.69, 9.17) is 0 Å². The Labute approximate surface area is 125 Å². The zero-order valence-electron chi connectivity index (χ0n) is 14.3. The largest absolute Gasteiger partial charge is 0.303 e. The summed E-state index contributed by atoms with van der Waals surface area (Å²) in [4.78, 5) is 2.45. The van der Waals surface area contributed by atoms with Crippen molar-refractivity contribution in [2.45, 2.75) is 71.9 Å². The molecular formula is C17H33N3. The van der Waals surface area contributed by atoms with Gasteiger partial charge in [0.2, 0.25) is 0 Å². The van der Waals surface area contributed by atoms with Crippen LogP contribution in [0, 0.1) is 22.7 Å². The Hall–Kier alpha value is -0.590. The minimum absolute atomic E-state index is 0.263. The van der Waals surface area contributed by atoms with Crippen LogP contribution in [0.25, 0.3) is 0 Å². The molecule has 1 saturated carbocycles. The van der Waals surface area contributed by atoms with Gasteiger partial charge in [-0.3, -0.25) is 5.32 Å². The molecule has 0 aromatic heterocycles. The molecular weight excluding hydrogens is 246 g/mol. The third-order valence-corrected chi connectivity index (χ3v) is 5.26. The van der Waals surface area contributed by atoms with E-state index >= 15 is 0 Å². The molecule has 0 aromatic carbocycles. The molecule has 0 spiro atoms. The maximum absolute atomic E-state index is 9.60. The molecule has 0 heterocycles. The molecule has 0 amide bonds. The van der Waals surface area contributed by atoms with Gasteiger partial charge in [0.1, 0.15) is 5.54 Å². The molecule has 20 heavy (non-hydrogen) atoms. The highest BCUT2D eigenvalue weighted by Gasteiger charge is 2.42. The van der Waals surface area contributed by atoms with Crippen molar-refractivity contribution in [2.75, 3.05) is 20.1 Å². The first-order chi connectivity index (χ1) is 9.27. The Morgan fingerprint density at radius 2 is 2.10 bits per heavy atom. The first-order valence-electron chi connectivity index (χ1n) is 8.13. The fraction of sp³-hybridized carbons (Fsp3) is 0.941. The lowest BCUT2D eigenvalue weighted by atomic mass is 9.84. The maximum Gasteiger partial charge on any atom is 0.109 e. The Morgan fingerprint density at radius 1 is 1.45 bits per heavy atom. The van der Waals surface area contributed by atoms with E-state index in [0.717, 1.165) is 25.9 Å². The zero-order valence-corrected chi connectivity index (χ0v) is 14.3. The van der Waals surface area contributed by atoms with Crippen molar-refractivity contribution in [1.29, 1.82) is 5.26 Å². The highest BCUT2D eigenvalue weighted by atomic mass is 15.1. The van der Waals surface area contributed by atoms with Crippen LogP contribution < -0.4 is 5.32 Å². The molecule has 1 N–H and O–H groups in total. The Balaban J connectivity index is 2.58. The van der Waals surface area contributed by atoms with Crippen LogP contribution in [0.5, 0.6) is 0 Å². The Bertz CT molecular complexity index is 339. The van der Waals surface area contributed by atoms with E-state index in [1.165, 1.54) is 12.8 Å². The van der Waals surface area contributed by atoms with Crippen molar-refractivity contribution in [2.24, 2.45) is 11.3 Å². The monoisotopic (exact) mass is 279 g/mol. The highest BCUT2D eigenvalue weighted by Crippen LogP contribution is 2.38. The van der Waals surface area contributed by atoms with Crippen molar-refractivity contribution in [3.05, 3.63) is 0 Å². The molecule has 1 aliphatic rings. The van der Waals surface area contributed by atoms with E-state index in [9.17, 15) is 5.26 Å². The van der Waals surface area contributed by atoms with Crippen molar-refractivity contribution in [3.8, 4) is 6.07 Å². The van der Waals surface area contributed by atoms with Crippen LogP contribution in [-0.4, -0.2) is 36.6 Å². The van der Waals surface area contributed by atoms with E-state index in [2.05, 4.69) is 58.0 Å². The summed E-state index contributed by atoms with van der Waals surface area (Å²) in [7, 11) is 2.21. The van der Waals surface area contributed by atoms with E-state index in [0.29, 0.717) is 17.4 Å². The molecule has 3 nitrogen and oxygen atoms in total. The van der Waals surface area contributed by atoms with Gasteiger partial charge in [0.15, 0.2) is 0 Å². The molecule has 0 bridgehead atoms. The second-order valence-corrected chi connectivity index (χ2v) is 7.51. The van der Waals surface area contributed by atoms with Crippen LogP contribution in [0.3, 0.4) is 0 Å². The van der Waals surface area contributed by atoms with Gasteiger partial charge in [-0.1, -0.05) is 34.1 Å². The number of hydrogen-bond acceptors (Lipinski definition) is 3. The fourth-order valence-corrected chi connectivity index (χ4v) is 3.42. The normalized spacial score (nSPS) is 28.6. The van der Waals surface area contributed by atoms with E-state index < -0.39 is 0 Å². The summed E-state index contributed by atoms with van der Waals surface area (Å²) in [6, 6.07) is 3.14. The second kappa shape index (κ2) is 6.91. The molecule has 1 fully saturated rings. The van der Waals surface area contributed by atoms with Gasteiger partial charge in [-0.25, -0.2) is 0 Å². The predicted octanol–water partition coefficient (Wildman–Crippen LogP) is 3.41. The summed E-state index contributed by atoms with van der Waals surface area (Å²) in [5, 5.41) is 13.1. The molecule has 3 heteroatoms. The SMILES string of the molecule is CCNC1(C#N)CCCC1CCN(C)C(C)C(C)(C)C. The topological polar surface area (TPSA) is 39.1 Å². The number of rotatable bonds is 6. The number of nitriles is 1. The van der Waals surface area contributed by atoms with Crippen molar-refractivity contribution < 1.29 is 0 Å². The van der Waals surface area contributed by atoms with Crippen molar-refractivity contribution in [3.63, 3.8) is 0 Å². The molecule has 0 aromatic rings. The Kier molecular flexibility index (Phi) is 6.04. The first-order valence-corrected chi connectivity index (χ1v) is 8.13. The molecule has 1 aliphatic carbocycles. The summed E-state index contributed by atoms with van der Waals surface area (Å²) in [6.45, 7) is 13.3. The van der Waals surface area contributed by atoms with Gasteiger partial charge in [-0.15, -0.1) is 0 Å². The van der Waals surface area contributed by atoms with Gasteiger partial charge < -0.3 is 4.90 Å². The lowest BCUT2D eigenvalue weighted by Gasteiger charge is -2.37. The summed E-state index contributed by atoms with van der Waals surface area (Å²) in [6.07, 6.45) is 4.51. The van der Waals surface area contributed by atoms with Crippen LogP contribution in [0.4, 0.5) is 0 Å².